The molecule has 9 nitrogen and oxygen atoms in total. The molecule has 1 aromatic carbocycles. The number of carbonyl (C=O) groups excluding carboxylic acids is 1. The van der Waals surface area contributed by atoms with Crippen molar-refractivity contribution >= 4 is 28.6 Å². The van der Waals surface area contributed by atoms with Crippen LogP contribution in [0.2, 0.25) is 0 Å². The molecule has 0 fully saturated rings. The van der Waals surface area contributed by atoms with Crippen LogP contribution in [-0.4, -0.2) is 31.0 Å². The Hall–Kier alpha value is -3.14. The first-order chi connectivity index (χ1) is 11.1. The number of nitro benzene ring substituents is 1. The second kappa shape index (κ2) is 6.32. The number of rotatable bonds is 5. The highest BCUT2D eigenvalue weighted by molar-refractivity contribution is 7.08. The van der Waals surface area contributed by atoms with E-state index in [0.717, 1.165) is 5.56 Å². The number of thiophene rings is 1. The van der Waals surface area contributed by atoms with Crippen molar-refractivity contribution in [1.29, 1.82) is 0 Å². The summed E-state index contributed by atoms with van der Waals surface area (Å²) in [5, 5.41) is 28.8. The van der Waals surface area contributed by atoms with Crippen LogP contribution in [-0.2, 0) is 11.3 Å². The summed E-state index contributed by atoms with van der Waals surface area (Å²) in [5.41, 5.74) is 1.26. The molecule has 0 atom stereocenters. The van der Waals surface area contributed by atoms with Gasteiger partial charge in [0.05, 0.1) is 4.92 Å². The fraction of sp³-hybridized carbons (Fsp3) is 0.0769. The van der Waals surface area contributed by atoms with Gasteiger partial charge in [-0.3, -0.25) is 14.9 Å². The summed E-state index contributed by atoms with van der Waals surface area (Å²) >= 11 is 1.52. The molecule has 0 aliphatic rings. The first kappa shape index (κ1) is 14.8. The van der Waals surface area contributed by atoms with Crippen LogP contribution in [0, 0.1) is 10.1 Å². The molecule has 0 bridgehead atoms. The topological polar surface area (TPSA) is 116 Å². The van der Waals surface area contributed by atoms with E-state index in [1.54, 1.807) is 0 Å². The van der Waals surface area contributed by atoms with E-state index in [1.807, 2.05) is 16.8 Å². The fourth-order valence-electron chi connectivity index (χ4n) is 1.81. The zero-order chi connectivity index (χ0) is 16.2. The molecule has 0 saturated heterocycles. The van der Waals surface area contributed by atoms with Crippen molar-refractivity contribution in [2.75, 3.05) is 5.32 Å². The first-order valence-corrected chi connectivity index (χ1v) is 7.41. The van der Waals surface area contributed by atoms with Crippen molar-refractivity contribution in [2.45, 2.75) is 6.54 Å². The Balaban J connectivity index is 1.62. The molecule has 2 heterocycles. The highest BCUT2D eigenvalue weighted by atomic mass is 32.1. The summed E-state index contributed by atoms with van der Waals surface area (Å²) in [5.74, 6) is 0.0995. The van der Waals surface area contributed by atoms with Crippen LogP contribution in [0.15, 0.2) is 41.1 Å². The third kappa shape index (κ3) is 3.55. The van der Waals surface area contributed by atoms with E-state index in [-0.39, 0.29) is 18.1 Å². The summed E-state index contributed by atoms with van der Waals surface area (Å²) in [7, 11) is 0. The molecule has 1 amide bonds. The van der Waals surface area contributed by atoms with Crippen LogP contribution >= 0.6 is 11.3 Å². The molecule has 10 heteroatoms. The number of nitrogens with zero attached hydrogens (tertiary/aromatic N) is 5. The van der Waals surface area contributed by atoms with Gasteiger partial charge in [0.25, 0.3) is 5.69 Å². The lowest BCUT2D eigenvalue weighted by molar-refractivity contribution is -0.384. The van der Waals surface area contributed by atoms with Gasteiger partial charge in [-0.15, -0.1) is 10.2 Å². The zero-order valence-corrected chi connectivity index (χ0v) is 12.4. The fourth-order valence-corrected chi connectivity index (χ4v) is 2.45. The van der Waals surface area contributed by atoms with Crippen LogP contribution < -0.4 is 5.32 Å². The van der Waals surface area contributed by atoms with Gasteiger partial charge in [0.1, 0.15) is 6.54 Å². The Bertz CT molecular complexity index is 828. The minimum absolute atomic E-state index is 0.0404. The molecule has 0 aliphatic carbocycles. The third-order valence-electron chi connectivity index (χ3n) is 2.88. The largest absolute Gasteiger partial charge is 0.324 e. The number of benzene rings is 1. The summed E-state index contributed by atoms with van der Waals surface area (Å²) in [6.45, 7) is -0.103. The molecule has 0 aliphatic heterocycles. The second-order valence-electron chi connectivity index (χ2n) is 4.51. The molecule has 2 aromatic heterocycles. The average Bonchev–Trinajstić information content (AvgIpc) is 3.18. The van der Waals surface area contributed by atoms with Gasteiger partial charge in [0.2, 0.25) is 11.7 Å². The van der Waals surface area contributed by atoms with Crippen molar-refractivity contribution in [3.05, 3.63) is 51.2 Å². The van der Waals surface area contributed by atoms with E-state index in [1.165, 1.54) is 40.4 Å². The number of nitrogens with one attached hydrogen (secondary N) is 1. The number of carbonyl (C=O) groups is 1. The van der Waals surface area contributed by atoms with Crippen molar-refractivity contribution < 1.29 is 9.72 Å². The lowest BCUT2D eigenvalue weighted by Gasteiger charge is -2.03. The lowest BCUT2D eigenvalue weighted by atomic mass is 10.3. The van der Waals surface area contributed by atoms with Crippen molar-refractivity contribution in [1.82, 2.24) is 20.2 Å². The van der Waals surface area contributed by atoms with Gasteiger partial charge in [-0.05, 0) is 28.8 Å². The predicted molar refractivity (Wildman–Crippen MR) is 82.9 cm³/mol. The Labute approximate surface area is 133 Å². The van der Waals surface area contributed by atoms with E-state index in [4.69, 9.17) is 0 Å². The minimum Gasteiger partial charge on any atom is -0.324 e. The Kier molecular flexibility index (Phi) is 4.06. The highest BCUT2D eigenvalue weighted by Gasteiger charge is 2.10. The first-order valence-electron chi connectivity index (χ1n) is 6.46. The zero-order valence-electron chi connectivity index (χ0n) is 11.6. The normalized spacial score (nSPS) is 10.4. The molecule has 0 unspecified atom stereocenters. The highest BCUT2D eigenvalue weighted by Crippen LogP contribution is 2.17. The molecule has 0 radical (unpaired) electrons. The number of hydrogen-bond donors (Lipinski definition) is 1. The summed E-state index contributed by atoms with van der Waals surface area (Å²) in [6.07, 6.45) is 0. The number of aromatic nitrogens is 4. The monoisotopic (exact) mass is 330 g/mol. The molecule has 116 valence electrons. The number of non-ortho nitro benzene ring substituents is 1. The average molecular weight is 330 g/mol. The molecule has 0 saturated carbocycles. The quantitative estimate of drug-likeness (QED) is 0.564. The van der Waals surface area contributed by atoms with Gasteiger partial charge >= 0.3 is 0 Å². The number of anilines is 1. The van der Waals surface area contributed by atoms with E-state index in [9.17, 15) is 14.9 Å². The number of tetrazole rings is 1. The molecule has 1 N–H and O–H groups in total. The van der Waals surface area contributed by atoms with E-state index >= 15 is 0 Å². The number of nitro groups is 1. The van der Waals surface area contributed by atoms with Crippen LogP contribution in [0.5, 0.6) is 0 Å². The Morgan fingerprint density at radius 3 is 2.74 bits per heavy atom. The Morgan fingerprint density at radius 2 is 2.09 bits per heavy atom. The van der Waals surface area contributed by atoms with Crippen molar-refractivity contribution in [2.24, 2.45) is 0 Å². The molecular weight excluding hydrogens is 320 g/mol. The van der Waals surface area contributed by atoms with E-state index < -0.39 is 4.92 Å². The number of hydrogen-bond acceptors (Lipinski definition) is 7. The van der Waals surface area contributed by atoms with Gasteiger partial charge in [0.15, 0.2) is 0 Å². The maximum absolute atomic E-state index is 11.9. The van der Waals surface area contributed by atoms with Crippen LogP contribution in [0.1, 0.15) is 0 Å². The Morgan fingerprint density at radius 1 is 1.30 bits per heavy atom. The van der Waals surface area contributed by atoms with Crippen LogP contribution in [0.3, 0.4) is 0 Å². The van der Waals surface area contributed by atoms with Crippen LogP contribution in [0.25, 0.3) is 11.4 Å². The SMILES string of the molecule is O=C(Cn1nnc(-c2ccsc2)n1)Nc1ccc([N+](=O)[O-])cc1. The number of amides is 1. The maximum atomic E-state index is 11.9. The van der Waals surface area contributed by atoms with E-state index in [2.05, 4.69) is 20.7 Å². The molecule has 0 spiro atoms. The molecule has 3 aromatic rings. The van der Waals surface area contributed by atoms with Gasteiger partial charge in [0, 0.05) is 28.8 Å². The third-order valence-corrected chi connectivity index (χ3v) is 3.56. The molecule has 3 rings (SSSR count). The summed E-state index contributed by atoms with van der Waals surface area (Å²) in [4.78, 5) is 23.2. The summed E-state index contributed by atoms with van der Waals surface area (Å²) in [6, 6.07) is 7.42. The minimum atomic E-state index is -0.503. The maximum Gasteiger partial charge on any atom is 0.269 e. The molecular formula is C13H10N6O3S. The van der Waals surface area contributed by atoms with Gasteiger partial charge < -0.3 is 5.32 Å². The van der Waals surface area contributed by atoms with Gasteiger partial charge in [-0.25, -0.2) is 0 Å². The van der Waals surface area contributed by atoms with Crippen molar-refractivity contribution in [3.8, 4) is 11.4 Å². The second-order valence-corrected chi connectivity index (χ2v) is 5.29. The van der Waals surface area contributed by atoms with Crippen LogP contribution in [0.4, 0.5) is 11.4 Å². The summed E-state index contributed by atoms with van der Waals surface area (Å²) < 4.78 is 0. The lowest BCUT2D eigenvalue weighted by Crippen LogP contribution is -2.20. The van der Waals surface area contributed by atoms with Gasteiger partial charge in [-0.2, -0.15) is 16.1 Å². The standard InChI is InChI=1S/C13H10N6O3S/c20-12(14-10-1-3-11(4-2-10)19(21)22)7-18-16-13(15-17-18)9-5-6-23-8-9/h1-6,8H,7H2,(H,14,20). The molecule has 23 heavy (non-hydrogen) atoms. The van der Waals surface area contributed by atoms with E-state index in [0.29, 0.717) is 11.5 Å². The predicted octanol–water partition coefficient (Wildman–Crippen LogP) is 1.95. The van der Waals surface area contributed by atoms with Gasteiger partial charge in [-0.1, -0.05) is 0 Å². The smallest absolute Gasteiger partial charge is 0.269 e. The van der Waals surface area contributed by atoms with Crippen molar-refractivity contribution in [3.63, 3.8) is 0 Å².